The number of rotatable bonds is 5. The number of hydrogen-bond acceptors (Lipinski definition) is 5. The molecule has 20 heavy (non-hydrogen) atoms. The topological polar surface area (TPSA) is 62.8 Å². The van der Waals surface area contributed by atoms with Crippen LogP contribution in [0.2, 0.25) is 0 Å². The van der Waals surface area contributed by atoms with Gasteiger partial charge in [0.1, 0.15) is 0 Å². The molecule has 0 saturated heterocycles. The van der Waals surface area contributed by atoms with Crippen LogP contribution in [-0.4, -0.2) is 27.3 Å². The van der Waals surface area contributed by atoms with Crippen LogP contribution in [-0.2, 0) is 0 Å². The predicted molar refractivity (Wildman–Crippen MR) is 82.2 cm³/mol. The normalized spacial score (nSPS) is 10.8. The van der Waals surface area contributed by atoms with Crippen LogP contribution in [0.15, 0.2) is 9.72 Å². The summed E-state index contributed by atoms with van der Waals surface area (Å²) in [6, 6.07) is 0. The van der Waals surface area contributed by atoms with Gasteiger partial charge >= 0.3 is 0 Å². The van der Waals surface area contributed by atoms with E-state index in [1.165, 1.54) is 30.0 Å². The first-order chi connectivity index (χ1) is 9.40. The van der Waals surface area contributed by atoms with E-state index in [1.807, 2.05) is 26.2 Å². The first kappa shape index (κ1) is 15.0. The molecule has 0 bridgehead atoms. The maximum Gasteiger partial charge on any atom is 0.189 e. The number of nitrogens with one attached hydrogen (secondary N) is 1. The zero-order chi connectivity index (χ0) is 14.9. The molecule has 0 unspecified atom stereocenters. The summed E-state index contributed by atoms with van der Waals surface area (Å²) in [7, 11) is 0. The number of thiazole rings is 1. The van der Waals surface area contributed by atoms with Gasteiger partial charge in [-0.05, 0) is 33.3 Å². The number of thioether (sulfide) groups is 1. The second kappa shape index (κ2) is 5.93. The first-order valence-electron chi connectivity index (χ1n) is 6.18. The number of hydrogen-bond donors (Lipinski definition) is 1. The molecule has 0 fully saturated rings. The Morgan fingerprint density at radius 1 is 1.35 bits per heavy atom. The lowest BCUT2D eigenvalue weighted by Gasteiger charge is -1.99. The molecule has 2 aromatic rings. The van der Waals surface area contributed by atoms with E-state index in [2.05, 4.69) is 9.97 Å². The number of nitrogens with zero attached hydrogens (tertiary/aromatic N) is 1. The van der Waals surface area contributed by atoms with Crippen LogP contribution < -0.4 is 0 Å². The van der Waals surface area contributed by atoms with Crippen molar-refractivity contribution in [2.75, 3.05) is 5.75 Å². The summed E-state index contributed by atoms with van der Waals surface area (Å²) in [6.45, 7) is 7.08. The fourth-order valence-corrected chi connectivity index (χ4v) is 3.88. The number of aryl methyl sites for hydroxylation is 2. The van der Waals surface area contributed by atoms with Gasteiger partial charge in [-0.3, -0.25) is 9.59 Å². The van der Waals surface area contributed by atoms with Gasteiger partial charge in [-0.25, -0.2) is 4.98 Å². The molecule has 0 spiro atoms. The number of carbonyl (C=O) groups is 2. The molecule has 0 aliphatic heterocycles. The van der Waals surface area contributed by atoms with Crippen LogP contribution in [0.3, 0.4) is 0 Å². The van der Waals surface area contributed by atoms with Gasteiger partial charge in [0.15, 0.2) is 15.9 Å². The average Bonchev–Trinajstić information content (AvgIpc) is 2.90. The van der Waals surface area contributed by atoms with Gasteiger partial charge in [-0.15, -0.1) is 11.3 Å². The Balaban J connectivity index is 2.14. The molecule has 0 aliphatic carbocycles. The summed E-state index contributed by atoms with van der Waals surface area (Å²) in [5.74, 6) is 0.305. The predicted octanol–water partition coefficient (Wildman–Crippen LogP) is 3.57. The molecule has 4 nitrogen and oxygen atoms in total. The standard InChI is InChI=1S/C14H16N2O2S2/c1-7-5-19-14(15-7)20-6-11(18)13-8(2)12(10(4)17)9(3)16-13/h5,16H,6H2,1-4H3. The molecule has 2 aromatic heterocycles. The van der Waals surface area contributed by atoms with E-state index in [1.54, 1.807) is 0 Å². The molecule has 0 aromatic carbocycles. The van der Waals surface area contributed by atoms with Gasteiger partial charge in [-0.2, -0.15) is 0 Å². The Morgan fingerprint density at radius 2 is 2.05 bits per heavy atom. The molecule has 106 valence electrons. The monoisotopic (exact) mass is 308 g/mol. The maximum atomic E-state index is 12.2. The number of aromatic nitrogens is 2. The minimum absolute atomic E-state index is 0.00375. The van der Waals surface area contributed by atoms with Crippen molar-refractivity contribution in [1.29, 1.82) is 0 Å². The highest BCUT2D eigenvalue weighted by atomic mass is 32.2. The van der Waals surface area contributed by atoms with E-state index in [0.29, 0.717) is 17.0 Å². The van der Waals surface area contributed by atoms with E-state index in [4.69, 9.17) is 0 Å². The molecule has 0 aliphatic rings. The summed E-state index contributed by atoms with van der Waals surface area (Å²) in [5, 5.41) is 1.96. The Labute approximate surface area is 126 Å². The number of aromatic amines is 1. The number of carbonyl (C=O) groups excluding carboxylic acids is 2. The van der Waals surface area contributed by atoms with Crippen molar-refractivity contribution >= 4 is 34.7 Å². The van der Waals surface area contributed by atoms with Gasteiger partial charge in [0, 0.05) is 22.3 Å². The lowest BCUT2D eigenvalue weighted by molar-refractivity contribution is 0.101. The first-order valence-corrected chi connectivity index (χ1v) is 8.05. The van der Waals surface area contributed by atoms with Crippen molar-refractivity contribution in [2.45, 2.75) is 32.0 Å². The third-order valence-corrected chi connectivity index (χ3v) is 5.13. The fraction of sp³-hybridized carbons (Fsp3) is 0.357. The minimum Gasteiger partial charge on any atom is -0.355 e. The smallest absolute Gasteiger partial charge is 0.189 e. The second-order valence-corrected chi connectivity index (χ2v) is 6.73. The fourth-order valence-electron chi connectivity index (χ4n) is 2.16. The summed E-state index contributed by atoms with van der Waals surface area (Å²) >= 11 is 2.97. The van der Waals surface area contributed by atoms with Crippen LogP contribution in [0.1, 0.15) is 44.7 Å². The second-order valence-electron chi connectivity index (χ2n) is 4.65. The van der Waals surface area contributed by atoms with Gasteiger partial charge < -0.3 is 4.98 Å². The van der Waals surface area contributed by atoms with Crippen molar-refractivity contribution in [3.8, 4) is 0 Å². The third kappa shape index (κ3) is 3.02. The molecular weight excluding hydrogens is 292 g/mol. The zero-order valence-corrected chi connectivity index (χ0v) is 13.5. The Kier molecular flexibility index (Phi) is 4.45. The zero-order valence-electron chi connectivity index (χ0n) is 11.9. The van der Waals surface area contributed by atoms with Crippen molar-refractivity contribution in [3.63, 3.8) is 0 Å². The Bertz CT molecular complexity index is 671. The molecular formula is C14H16N2O2S2. The van der Waals surface area contributed by atoms with E-state index in [0.717, 1.165) is 21.3 Å². The average molecular weight is 308 g/mol. The highest BCUT2D eigenvalue weighted by molar-refractivity contribution is 8.01. The lowest BCUT2D eigenvalue weighted by Crippen LogP contribution is -2.05. The summed E-state index contributed by atoms with van der Waals surface area (Å²) in [6.07, 6.45) is 0. The molecule has 2 heterocycles. The third-order valence-electron chi connectivity index (χ3n) is 2.99. The number of ketones is 2. The minimum atomic E-state index is -0.0153. The van der Waals surface area contributed by atoms with Crippen molar-refractivity contribution in [3.05, 3.63) is 33.6 Å². The molecule has 0 atom stereocenters. The quantitative estimate of drug-likeness (QED) is 0.677. The van der Waals surface area contributed by atoms with Crippen molar-refractivity contribution in [1.82, 2.24) is 9.97 Å². The van der Waals surface area contributed by atoms with Crippen molar-refractivity contribution in [2.24, 2.45) is 0 Å². The van der Waals surface area contributed by atoms with Crippen LogP contribution in [0.4, 0.5) is 0 Å². The molecule has 2 rings (SSSR count). The number of Topliss-reactive ketones (excluding diaryl/α,β-unsaturated/α-hetero) is 2. The summed E-state index contributed by atoms with van der Waals surface area (Å²) in [5.41, 5.74) is 3.64. The maximum absolute atomic E-state index is 12.2. The van der Waals surface area contributed by atoms with Crippen LogP contribution in [0.5, 0.6) is 0 Å². The van der Waals surface area contributed by atoms with E-state index in [9.17, 15) is 9.59 Å². The summed E-state index contributed by atoms with van der Waals surface area (Å²) in [4.78, 5) is 31.2. The van der Waals surface area contributed by atoms with Crippen molar-refractivity contribution < 1.29 is 9.59 Å². The van der Waals surface area contributed by atoms with Gasteiger partial charge in [-0.1, -0.05) is 11.8 Å². The van der Waals surface area contributed by atoms with Crippen LogP contribution in [0, 0.1) is 20.8 Å². The van der Waals surface area contributed by atoms with Crippen LogP contribution >= 0.6 is 23.1 Å². The van der Waals surface area contributed by atoms with E-state index < -0.39 is 0 Å². The Morgan fingerprint density at radius 3 is 2.55 bits per heavy atom. The molecule has 0 radical (unpaired) electrons. The highest BCUT2D eigenvalue weighted by Crippen LogP contribution is 2.25. The van der Waals surface area contributed by atoms with Gasteiger partial charge in [0.25, 0.3) is 0 Å². The van der Waals surface area contributed by atoms with Gasteiger partial charge in [0.05, 0.1) is 11.4 Å². The SMILES string of the molecule is CC(=O)c1c(C)[nH]c(C(=O)CSc2nc(C)cs2)c1C. The van der Waals surface area contributed by atoms with E-state index >= 15 is 0 Å². The Hall–Kier alpha value is -1.40. The summed E-state index contributed by atoms with van der Waals surface area (Å²) < 4.78 is 0.892. The van der Waals surface area contributed by atoms with E-state index in [-0.39, 0.29) is 11.6 Å². The number of H-pyrrole nitrogens is 1. The lowest BCUT2D eigenvalue weighted by atomic mass is 10.1. The van der Waals surface area contributed by atoms with Gasteiger partial charge in [0.2, 0.25) is 0 Å². The largest absolute Gasteiger partial charge is 0.355 e. The molecule has 0 saturated carbocycles. The molecule has 0 amide bonds. The molecule has 6 heteroatoms. The van der Waals surface area contributed by atoms with Crippen LogP contribution in [0.25, 0.3) is 0 Å². The molecule has 1 N–H and O–H groups in total. The highest BCUT2D eigenvalue weighted by Gasteiger charge is 2.19.